The van der Waals surface area contributed by atoms with Gasteiger partial charge < -0.3 is 19.1 Å². The Morgan fingerprint density at radius 3 is 2.37 bits per heavy atom. The predicted molar refractivity (Wildman–Crippen MR) is 119 cm³/mol. The topological polar surface area (TPSA) is 68.3 Å². The predicted octanol–water partition coefficient (Wildman–Crippen LogP) is 3.91. The van der Waals surface area contributed by atoms with Crippen LogP contribution < -0.4 is 4.74 Å². The van der Waals surface area contributed by atoms with Crippen molar-refractivity contribution in [1.82, 2.24) is 9.80 Å². The van der Waals surface area contributed by atoms with Crippen molar-refractivity contribution in [3.8, 4) is 5.75 Å². The van der Waals surface area contributed by atoms with Crippen molar-refractivity contribution >= 4 is 24.5 Å². The van der Waals surface area contributed by atoms with Gasteiger partial charge in [0, 0.05) is 32.7 Å². The van der Waals surface area contributed by atoms with E-state index in [1.165, 1.54) is 7.11 Å². The van der Waals surface area contributed by atoms with Crippen molar-refractivity contribution in [3.05, 3.63) is 29.3 Å². The summed E-state index contributed by atoms with van der Waals surface area (Å²) in [4.78, 5) is 28.0. The highest BCUT2D eigenvalue weighted by Crippen LogP contribution is 2.27. The zero-order valence-corrected chi connectivity index (χ0v) is 19.7. The largest absolute Gasteiger partial charge is 0.491 e. The molecule has 1 aromatic rings. The number of methoxy groups -OCH3 is 1. The summed E-state index contributed by atoms with van der Waals surface area (Å²) in [6, 6.07) is 6.02. The lowest BCUT2D eigenvalue weighted by molar-refractivity contribution is 0.0279. The van der Waals surface area contributed by atoms with Gasteiger partial charge in [-0.1, -0.05) is 11.6 Å². The summed E-state index contributed by atoms with van der Waals surface area (Å²) in [5.74, 6) is 0.130. The minimum absolute atomic E-state index is 0. The Hall–Kier alpha value is -1.99. The maximum Gasteiger partial charge on any atom is 0.410 e. The fraction of sp³-hybridized carbons (Fsp3) is 0.636. The van der Waals surface area contributed by atoms with Crippen LogP contribution in [0.25, 0.3) is 0 Å². The van der Waals surface area contributed by atoms with E-state index < -0.39 is 11.6 Å². The molecule has 2 rings (SSSR count). The molecule has 170 valence electrons. The molecule has 0 N–H and O–H groups in total. The number of likely N-dealkylation sites (N-methyl/N-ethyl adjacent to an activating group) is 1. The second kappa shape index (κ2) is 11.4. The Labute approximate surface area is 186 Å². The molecule has 0 bridgehead atoms. The number of rotatable bonds is 9. The van der Waals surface area contributed by atoms with Crippen LogP contribution >= 0.6 is 12.4 Å². The van der Waals surface area contributed by atoms with Gasteiger partial charge in [0.25, 0.3) is 0 Å². The average molecular weight is 443 g/mol. The molecule has 0 aliphatic heterocycles. The molecule has 30 heavy (non-hydrogen) atoms. The third-order valence-electron chi connectivity index (χ3n) is 4.67. The van der Waals surface area contributed by atoms with Crippen LogP contribution in [-0.2, 0) is 9.47 Å². The minimum Gasteiger partial charge on any atom is -0.491 e. The van der Waals surface area contributed by atoms with Gasteiger partial charge in [-0.3, -0.25) is 4.90 Å². The van der Waals surface area contributed by atoms with Gasteiger partial charge in [0.2, 0.25) is 0 Å². The van der Waals surface area contributed by atoms with Gasteiger partial charge in [-0.15, -0.1) is 12.4 Å². The second-order valence-corrected chi connectivity index (χ2v) is 8.51. The number of benzene rings is 1. The fourth-order valence-electron chi connectivity index (χ4n) is 2.94. The van der Waals surface area contributed by atoms with Gasteiger partial charge >= 0.3 is 12.1 Å². The highest BCUT2D eigenvalue weighted by Gasteiger charge is 2.29. The monoisotopic (exact) mass is 442 g/mol. The Morgan fingerprint density at radius 1 is 1.13 bits per heavy atom. The molecule has 8 heteroatoms. The third kappa shape index (κ3) is 8.40. The maximum absolute atomic E-state index is 12.1. The van der Waals surface area contributed by atoms with E-state index in [0.717, 1.165) is 31.5 Å². The van der Waals surface area contributed by atoms with Crippen molar-refractivity contribution in [2.45, 2.75) is 52.2 Å². The number of nitrogens with zero attached hydrogens (tertiary/aromatic N) is 2. The van der Waals surface area contributed by atoms with Crippen LogP contribution in [-0.4, -0.2) is 73.9 Å². The zero-order valence-electron chi connectivity index (χ0n) is 18.9. The number of carbonyl (C=O) groups excluding carboxylic acids is 2. The van der Waals surface area contributed by atoms with Crippen molar-refractivity contribution < 1.29 is 23.8 Å². The number of esters is 1. The van der Waals surface area contributed by atoms with Crippen LogP contribution in [0, 0.1) is 6.92 Å². The molecule has 1 aliphatic rings. The number of ether oxygens (including phenoxy) is 3. The van der Waals surface area contributed by atoms with E-state index in [4.69, 9.17) is 14.2 Å². The summed E-state index contributed by atoms with van der Waals surface area (Å²) in [7, 11) is 3.12. The van der Waals surface area contributed by atoms with E-state index in [2.05, 4.69) is 4.90 Å². The standard InChI is InChI=1S/C22H34N2O5.ClH/c1-16-7-10-19(18(15-16)20(25)27-6)28-14-13-24(17-8-9-17)12-11-23(5)21(26)29-22(2,3)4;/h7,10,15,17H,8-9,11-14H2,1-6H3;1H. The van der Waals surface area contributed by atoms with Crippen LogP contribution in [0.1, 0.15) is 49.5 Å². The molecular weight excluding hydrogens is 408 g/mol. The third-order valence-corrected chi connectivity index (χ3v) is 4.67. The number of hydrogen-bond donors (Lipinski definition) is 0. The summed E-state index contributed by atoms with van der Waals surface area (Å²) < 4.78 is 16.1. The van der Waals surface area contributed by atoms with Gasteiger partial charge in [-0.25, -0.2) is 9.59 Å². The summed E-state index contributed by atoms with van der Waals surface area (Å²) in [5, 5.41) is 0. The molecule has 0 radical (unpaired) electrons. The van der Waals surface area contributed by atoms with E-state index in [0.29, 0.717) is 30.5 Å². The van der Waals surface area contributed by atoms with E-state index in [-0.39, 0.29) is 18.5 Å². The molecule has 1 fully saturated rings. The highest BCUT2D eigenvalue weighted by molar-refractivity contribution is 5.92. The van der Waals surface area contributed by atoms with E-state index in [1.807, 2.05) is 33.8 Å². The van der Waals surface area contributed by atoms with Gasteiger partial charge in [-0.2, -0.15) is 0 Å². The lowest BCUT2D eigenvalue weighted by Crippen LogP contribution is -2.41. The summed E-state index contributed by atoms with van der Waals surface area (Å²) in [6.07, 6.45) is 2.01. The van der Waals surface area contributed by atoms with Crippen LogP contribution in [0.4, 0.5) is 4.79 Å². The van der Waals surface area contributed by atoms with Crippen molar-refractivity contribution in [2.75, 3.05) is 40.4 Å². The molecule has 1 aromatic carbocycles. The average Bonchev–Trinajstić information content (AvgIpc) is 3.48. The molecule has 1 saturated carbocycles. The highest BCUT2D eigenvalue weighted by atomic mass is 35.5. The summed E-state index contributed by atoms with van der Waals surface area (Å²) >= 11 is 0. The zero-order chi connectivity index (χ0) is 21.6. The Bertz CT molecular complexity index is 716. The SMILES string of the molecule is COC(=O)c1cc(C)ccc1OCCN(CCN(C)C(=O)OC(C)(C)C)C1CC1.Cl. The van der Waals surface area contributed by atoms with Gasteiger partial charge in [0.1, 0.15) is 23.5 Å². The smallest absolute Gasteiger partial charge is 0.410 e. The molecule has 0 saturated heterocycles. The minimum atomic E-state index is -0.499. The van der Waals surface area contributed by atoms with Crippen LogP contribution in [0.5, 0.6) is 5.75 Å². The molecule has 0 heterocycles. The molecule has 1 aliphatic carbocycles. The van der Waals surface area contributed by atoms with E-state index in [1.54, 1.807) is 24.1 Å². The number of hydrogen-bond acceptors (Lipinski definition) is 6. The van der Waals surface area contributed by atoms with Crippen LogP contribution in [0.3, 0.4) is 0 Å². The van der Waals surface area contributed by atoms with Gasteiger partial charge in [-0.05, 0) is 52.7 Å². The fourth-order valence-corrected chi connectivity index (χ4v) is 2.94. The van der Waals surface area contributed by atoms with Crippen molar-refractivity contribution in [3.63, 3.8) is 0 Å². The Balaban J connectivity index is 0.00000450. The normalized spacial score (nSPS) is 13.4. The van der Waals surface area contributed by atoms with Gasteiger partial charge in [0.05, 0.1) is 7.11 Å². The number of aryl methyl sites for hydroxylation is 1. The molecular formula is C22H35ClN2O5. The van der Waals surface area contributed by atoms with E-state index >= 15 is 0 Å². The summed E-state index contributed by atoms with van der Waals surface area (Å²) in [5.41, 5.74) is 0.915. The number of amides is 1. The maximum atomic E-state index is 12.1. The Kier molecular flexibility index (Phi) is 9.91. The lowest BCUT2D eigenvalue weighted by atomic mass is 10.1. The first-order valence-corrected chi connectivity index (χ1v) is 10.1. The second-order valence-electron chi connectivity index (χ2n) is 8.51. The molecule has 7 nitrogen and oxygen atoms in total. The number of carbonyl (C=O) groups is 2. The van der Waals surface area contributed by atoms with Crippen LogP contribution in [0.2, 0.25) is 0 Å². The molecule has 1 amide bonds. The first-order valence-electron chi connectivity index (χ1n) is 10.1. The molecule has 0 unspecified atom stereocenters. The quantitative estimate of drug-likeness (QED) is 0.540. The molecule has 0 aromatic heterocycles. The number of halogens is 1. The molecule has 0 spiro atoms. The van der Waals surface area contributed by atoms with Gasteiger partial charge in [0.15, 0.2) is 0 Å². The first-order chi connectivity index (χ1) is 13.6. The Morgan fingerprint density at radius 2 is 1.80 bits per heavy atom. The lowest BCUT2D eigenvalue weighted by Gasteiger charge is -2.27. The first kappa shape index (κ1) is 26.0. The van der Waals surface area contributed by atoms with E-state index in [9.17, 15) is 9.59 Å². The summed E-state index contributed by atoms with van der Waals surface area (Å²) in [6.45, 7) is 10.0. The van der Waals surface area contributed by atoms with Crippen LogP contribution in [0.15, 0.2) is 18.2 Å². The van der Waals surface area contributed by atoms with Crippen molar-refractivity contribution in [1.29, 1.82) is 0 Å². The van der Waals surface area contributed by atoms with Crippen molar-refractivity contribution in [2.24, 2.45) is 0 Å². The molecule has 0 atom stereocenters.